The van der Waals surface area contributed by atoms with Gasteiger partial charge in [-0.05, 0) is 28.3 Å². The first-order chi connectivity index (χ1) is 14.1. The Morgan fingerprint density at radius 3 is 2.28 bits per heavy atom. The average Bonchev–Trinajstić information content (AvgIpc) is 3.31. The minimum absolute atomic E-state index is 0.00887. The van der Waals surface area contributed by atoms with E-state index in [0.29, 0.717) is 18.8 Å². The third-order valence-electron chi connectivity index (χ3n) is 5.85. The van der Waals surface area contributed by atoms with E-state index in [9.17, 15) is 14.7 Å². The molecule has 29 heavy (non-hydrogen) atoms. The zero-order chi connectivity index (χ0) is 20.0. The van der Waals surface area contributed by atoms with Gasteiger partial charge in [-0.1, -0.05) is 48.5 Å². The summed E-state index contributed by atoms with van der Waals surface area (Å²) in [5.41, 5.74) is 5.58. The number of benzene rings is 2. The number of fused-ring (bicyclic) bond motifs is 4. The van der Waals surface area contributed by atoms with Crippen LogP contribution in [0, 0.1) is 0 Å². The zero-order valence-corrected chi connectivity index (χ0v) is 15.7. The van der Waals surface area contributed by atoms with Crippen LogP contribution >= 0.6 is 0 Å². The maximum atomic E-state index is 12.7. The second kappa shape index (κ2) is 6.81. The predicted molar refractivity (Wildman–Crippen MR) is 107 cm³/mol. The van der Waals surface area contributed by atoms with Crippen LogP contribution in [0.5, 0.6) is 0 Å². The molecule has 0 unspecified atom stereocenters. The molecule has 3 aromatic rings. The van der Waals surface area contributed by atoms with Crippen molar-refractivity contribution in [3.8, 4) is 11.1 Å². The Morgan fingerprint density at radius 2 is 1.62 bits per heavy atom. The first-order valence-electron chi connectivity index (χ1n) is 9.64. The van der Waals surface area contributed by atoms with E-state index in [0.717, 1.165) is 0 Å². The Morgan fingerprint density at radius 1 is 0.966 bits per heavy atom. The maximum absolute atomic E-state index is 12.7. The molecule has 5 rings (SSSR count). The molecule has 6 nitrogen and oxygen atoms in total. The van der Waals surface area contributed by atoms with Crippen LogP contribution in [0.4, 0.5) is 4.79 Å². The van der Waals surface area contributed by atoms with Gasteiger partial charge in [0, 0.05) is 25.2 Å². The molecule has 2 heterocycles. The number of carbonyl (C=O) groups excluding carboxylic acids is 1. The summed E-state index contributed by atoms with van der Waals surface area (Å²) in [6, 6.07) is 18.0. The maximum Gasteiger partial charge on any atom is 0.410 e. The molecule has 1 amide bonds. The molecular weight excluding hydrogens is 368 g/mol. The Balaban J connectivity index is 1.33. The molecule has 0 spiro atoms. The van der Waals surface area contributed by atoms with Crippen LogP contribution in [0.3, 0.4) is 0 Å². The lowest BCUT2D eigenvalue weighted by molar-refractivity contribution is 0.0686. The van der Waals surface area contributed by atoms with Crippen molar-refractivity contribution < 1.29 is 19.4 Å². The number of nitrogens with zero attached hydrogens (tertiary/aromatic N) is 2. The Labute approximate surface area is 167 Å². The molecule has 146 valence electrons. The minimum atomic E-state index is -0.979. The number of carboxylic acid groups (broad SMARTS) is 1. The van der Waals surface area contributed by atoms with Crippen molar-refractivity contribution in [2.24, 2.45) is 0 Å². The van der Waals surface area contributed by atoms with Crippen LogP contribution in [-0.2, 0) is 17.8 Å². The lowest BCUT2D eigenvalue weighted by Gasteiger charge is -2.29. The Hall–Kier alpha value is -3.54. The van der Waals surface area contributed by atoms with E-state index >= 15 is 0 Å². The molecule has 2 aromatic carbocycles. The summed E-state index contributed by atoms with van der Waals surface area (Å²) in [4.78, 5) is 25.7. The van der Waals surface area contributed by atoms with Crippen molar-refractivity contribution in [3.63, 3.8) is 0 Å². The van der Waals surface area contributed by atoms with E-state index in [1.54, 1.807) is 17.2 Å². The van der Waals surface area contributed by atoms with Crippen LogP contribution in [0.15, 0.2) is 60.8 Å². The van der Waals surface area contributed by atoms with Gasteiger partial charge >= 0.3 is 12.1 Å². The van der Waals surface area contributed by atoms with Gasteiger partial charge in [0.2, 0.25) is 0 Å². The number of aromatic nitrogens is 1. The van der Waals surface area contributed by atoms with Crippen molar-refractivity contribution in [2.45, 2.75) is 19.0 Å². The van der Waals surface area contributed by atoms with Crippen LogP contribution < -0.4 is 0 Å². The third kappa shape index (κ3) is 2.88. The van der Waals surface area contributed by atoms with Gasteiger partial charge in [-0.25, -0.2) is 9.59 Å². The van der Waals surface area contributed by atoms with Crippen molar-refractivity contribution in [3.05, 3.63) is 83.2 Å². The molecule has 1 N–H and O–H groups in total. The number of aromatic carboxylic acids is 1. The van der Waals surface area contributed by atoms with Crippen LogP contribution in [0.25, 0.3) is 11.1 Å². The SMILES string of the molecule is O=C(O)c1ccn2c1CN(C(=O)OCC1c3ccccc3-c3ccccc31)CC2. The summed E-state index contributed by atoms with van der Waals surface area (Å²) in [7, 11) is 0. The van der Waals surface area contributed by atoms with Crippen LogP contribution in [0.2, 0.25) is 0 Å². The van der Waals surface area contributed by atoms with Gasteiger partial charge in [-0.2, -0.15) is 0 Å². The average molecular weight is 388 g/mol. The number of carbonyl (C=O) groups is 2. The number of hydrogen-bond acceptors (Lipinski definition) is 3. The number of ether oxygens (including phenoxy) is 1. The second-order valence-corrected chi connectivity index (χ2v) is 7.40. The summed E-state index contributed by atoms with van der Waals surface area (Å²) in [5.74, 6) is -0.970. The van der Waals surface area contributed by atoms with Crippen molar-refractivity contribution >= 4 is 12.1 Å². The minimum Gasteiger partial charge on any atom is -0.478 e. The van der Waals surface area contributed by atoms with Gasteiger partial charge < -0.3 is 19.3 Å². The third-order valence-corrected chi connectivity index (χ3v) is 5.85. The Kier molecular flexibility index (Phi) is 4.12. The molecule has 0 saturated carbocycles. The fourth-order valence-electron chi connectivity index (χ4n) is 4.42. The first-order valence-corrected chi connectivity index (χ1v) is 9.64. The molecule has 0 fully saturated rings. The smallest absolute Gasteiger partial charge is 0.410 e. The van der Waals surface area contributed by atoms with Gasteiger partial charge in [0.1, 0.15) is 6.61 Å². The summed E-state index contributed by atoms with van der Waals surface area (Å²) in [5, 5.41) is 9.34. The molecule has 1 aromatic heterocycles. The van der Waals surface area contributed by atoms with Gasteiger partial charge in [0.05, 0.1) is 17.8 Å². The molecule has 1 aliphatic carbocycles. The van der Waals surface area contributed by atoms with Crippen molar-refractivity contribution in [1.29, 1.82) is 0 Å². The summed E-state index contributed by atoms with van der Waals surface area (Å²) < 4.78 is 7.59. The monoisotopic (exact) mass is 388 g/mol. The molecule has 2 aliphatic rings. The highest BCUT2D eigenvalue weighted by atomic mass is 16.6. The quantitative estimate of drug-likeness (QED) is 0.737. The first kappa shape index (κ1) is 17.6. The molecule has 0 radical (unpaired) electrons. The molecule has 0 atom stereocenters. The van der Waals surface area contributed by atoms with Crippen molar-refractivity contribution in [2.75, 3.05) is 13.2 Å². The summed E-state index contributed by atoms with van der Waals surface area (Å²) in [6.07, 6.45) is 1.35. The van der Waals surface area contributed by atoms with Crippen LogP contribution in [0.1, 0.15) is 33.1 Å². The molecule has 6 heteroatoms. The lowest BCUT2D eigenvalue weighted by Crippen LogP contribution is -2.39. The van der Waals surface area contributed by atoms with Crippen LogP contribution in [-0.4, -0.2) is 39.8 Å². The highest BCUT2D eigenvalue weighted by Gasteiger charge is 2.31. The predicted octanol–water partition coefficient (Wildman–Crippen LogP) is 3.95. The van der Waals surface area contributed by atoms with E-state index in [-0.39, 0.29) is 24.6 Å². The van der Waals surface area contributed by atoms with Gasteiger partial charge in [-0.3, -0.25) is 0 Å². The molecule has 0 bridgehead atoms. The highest BCUT2D eigenvalue weighted by molar-refractivity contribution is 5.89. The van der Waals surface area contributed by atoms with Gasteiger partial charge in [-0.15, -0.1) is 0 Å². The number of hydrogen-bond donors (Lipinski definition) is 1. The van der Waals surface area contributed by atoms with E-state index < -0.39 is 12.1 Å². The number of rotatable bonds is 3. The second-order valence-electron chi connectivity index (χ2n) is 7.40. The van der Waals surface area contributed by atoms with E-state index in [1.807, 2.05) is 28.8 Å². The number of carboxylic acids is 1. The highest BCUT2D eigenvalue weighted by Crippen LogP contribution is 2.44. The Bertz CT molecular complexity index is 1070. The van der Waals surface area contributed by atoms with Gasteiger partial charge in [0.25, 0.3) is 0 Å². The van der Waals surface area contributed by atoms with E-state index in [1.165, 1.54) is 22.3 Å². The summed E-state index contributed by atoms with van der Waals surface area (Å²) in [6.45, 7) is 1.56. The normalized spacial score (nSPS) is 14.8. The van der Waals surface area contributed by atoms with E-state index in [4.69, 9.17) is 4.74 Å². The fraction of sp³-hybridized carbons (Fsp3) is 0.217. The standard InChI is InChI=1S/C23H20N2O4/c26-22(27)19-9-10-24-11-12-25(13-21(19)24)23(28)29-14-20-17-7-3-1-5-15(17)16-6-2-4-8-18(16)20/h1-10,20H,11-14H2,(H,26,27). The topological polar surface area (TPSA) is 71.8 Å². The summed E-state index contributed by atoms with van der Waals surface area (Å²) >= 11 is 0. The molecule has 1 aliphatic heterocycles. The largest absolute Gasteiger partial charge is 0.478 e. The molecular formula is C23H20N2O4. The molecule has 0 saturated heterocycles. The number of amides is 1. The van der Waals surface area contributed by atoms with Gasteiger partial charge in [0.15, 0.2) is 0 Å². The zero-order valence-electron chi connectivity index (χ0n) is 15.7. The fourth-order valence-corrected chi connectivity index (χ4v) is 4.42. The van der Waals surface area contributed by atoms with Crippen molar-refractivity contribution in [1.82, 2.24) is 9.47 Å². The lowest BCUT2D eigenvalue weighted by atomic mass is 9.98. The van der Waals surface area contributed by atoms with E-state index in [2.05, 4.69) is 24.3 Å².